The van der Waals surface area contributed by atoms with E-state index in [4.69, 9.17) is 4.42 Å². The summed E-state index contributed by atoms with van der Waals surface area (Å²) in [6, 6.07) is 12.1. The van der Waals surface area contributed by atoms with Crippen LogP contribution >= 0.6 is 0 Å². The molecule has 1 aliphatic heterocycles. The van der Waals surface area contributed by atoms with Gasteiger partial charge < -0.3 is 14.4 Å². The first kappa shape index (κ1) is 16.6. The lowest BCUT2D eigenvalue weighted by molar-refractivity contribution is -0.132. The van der Waals surface area contributed by atoms with Crippen LogP contribution in [0.5, 0.6) is 0 Å². The van der Waals surface area contributed by atoms with Gasteiger partial charge in [-0.15, -0.1) is 0 Å². The number of aliphatic hydroxyl groups is 1. The van der Waals surface area contributed by atoms with Crippen LogP contribution in [-0.2, 0) is 4.79 Å². The molecule has 0 saturated heterocycles. The molecular formula is C21H21NO4. The summed E-state index contributed by atoms with van der Waals surface area (Å²) < 4.78 is 5.23. The van der Waals surface area contributed by atoms with Crippen molar-refractivity contribution >= 4 is 11.7 Å². The number of aliphatic hydroxyl groups excluding tert-OH is 1. The van der Waals surface area contributed by atoms with Crippen molar-refractivity contribution < 1.29 is 19.1 Å². The van der Waals surface area contributed by atoms with E-state index in [1.165, 1.54) is 6.26 Å². The van der Waals surface area contributed by atoms with E-state index in [1.807, 2.05) is 30.3 Å². The Labute approximate surface area is 151 Å². The highest BCUT2D eigenvalue weighted by Gasteiger charge is 2.47. The molecule has 0 spiro atoms. The van der Waals surface area contributed by atoms with Crippen LogP contribution < -0.4 is 0 Å². The zero-order valence-electron chi connectivity index (χ0n) is 14.4. The molecule has 2 aromatic rings. The van der Waals surface area contributed by atoms with Gasteiger partial charge in [-0.1, -0.05) is 49.6 Å². The van der Waals surface area contributed by atoms with Crippen molar-refractivity contribution in [3.8, 4) is 0 Å². The Morgan fingerprint density at radius 2 is 1.77 bits per heavy atom. The average Bonchev–Trinajstić information content (AvgIpc) is 3.31. The van der Waals surface area contributed by atoms with Gasteiger partial charge in [-0.25, -0.2) is 0 Å². The molecular weight excluding hydrogens is 330 g/mol. The summed E-state index contributed by atoms with van der Waals surface area (Å²) in [6.07, 6.45) is 6.47. The van der Waals surface area contributed by atoms with E-state index in [0.29, 0.717) is 0 Å². The first-order valence-corrected chi connectivity index (χ1v) is 9.07. The van der Waals surface area contributed by atoms with Crippen LogP contribution in [0.2, 0.25) is 0 Å². The summed E-state index contributed by atoms with van der Waals surface area (Å²) in [5.41, 5.74) is 0.937. The number of nitrogens with zero attached hydrogens (tertiary/aromatic N) is 1. The molecule has 1 unspecified atom stereocenters. The third-order valence-electron chi connectivity index (χ3n) is 5.32. The van der Waals surface area contributed by atoms with Gasteiger partial charge in [0.05, 0.1) is 17.9 Å². The van der Waals surface area contributed by atoms with E-state index < -0.39 is 23.5 Å². The van der Waals surface area contributed by atoms with Crippen molar-refractivity contribution in [1.82, 2.24) is 4.90 Å². The van der Waals surface area contributed by atoms with Crippen LogP contribution in [0.1, 0.15) is 54.3 Å². The topological polar surface area (TPSA) is 70.8 Å². The van der Waals surface area contributed by atoms with E-state index >= 15 is 0 Å². The third-order valence-corrected chi connectivity index (χ3v) is 5.32. The Morgan fingerprint density at radius 3 is 2.42 bits per heavy atom. The second-order valence-corrected chi connectivity index (χ2v) is 6.89. The maximum Gasteiger partial charge on any atom is 0.290 e. The smallest absolute Gasteiger partial charge is 0.290 e. The second-order valence-electron chi connectivity index (χ2n) is 6.89. The molecule has 0 bridgehead atoms. The van der Waals surface area contributed by atoms with Crippen LogP contribution in [0.4, 0.5) is 0 Å². The van der Waals surface area contributed by atoms with Crippen molar-refractivity contribution in [2.75, 3.05) is 0 Å². The van der Waals surface area contributed by atoms with Gasteiger partial charge in [0.2, 0.25) is 5.78 Å². The van der Waals surface area contributed by atoms with Gasteiger partial charge in [-0.05, 0) is 30.5 Å². The van der Waals surface area contributed by atoms with Crippen molar-refractivity contribution in [2.45, 2.75) is 44.2 Å². The average molecular weight is 351 g/mol. The number of hydrogen-bond donors (Lipinski definition) is 1. The molecule has 1 saturated carbocycles. The minimum atomic E-state index is -0.579. The Hall–Kier alpha value is -2.82. The lowest BCUT2D eigenvalue weighted by atomic mass is 9.90. The van der Waals surface area contributed by atoms with Gasteiger partial charge in [0.15, 0.2) is 11.5 Å². The van der Waals surface area contributed by atoms with E-state index in [1.54, 1.807) is 17.0 Å². The number of benzene rings is 1. The van der Waals surface area contributed by atoms with Crippen LogP contribution in [-0.4, -0.2) is 27.7 Å². The maximum atomic E-state index is 13.0. The lowest BCUT2D eigenvalue weighted by Crippen LogP contribution is -2.41. The Kier molecular flexibility index (Phi) is 4.37. The Morgan fingerprint density at radius 1 is 1.04 bits per heavy atom. The van der Waals surface area contributed by atoms with Gasteiger partial charge in [-0.2, -0.15) is 0 Å². The molecule has 2 heterocycles. The Balaban J connectivity index is 1.80. The van der Waals surface area contributed by atoms with E-state index in [-0.39, 0.29) is 17.4 Å². The van der Waals surface area contributed by atoms with Crippen LogP contribution in [0.15, 0.2) is 64.5 Å². The fraction of sp³-hybridized carbons (Fsp3) is 0.333. The molecule has 1 aromatic carbocycles. The number of Topliss-reactive ketones (excluding diaryl/α,β-unsaturated/α-hetero) is 1. The molecule has 5 nitrogen and oxygen atoms in total. The second kappa shape index (κ2) is 6.83. The highest BCUT2D eigenvalue weighted by Crippen LogP contribution is 2.42. The number of furan rings is 1. The first-order chi connectivity index (χ1) is 12.7. The first-order valence-electron chi connectivity index (χ1n) is 9.07. The van der Waals surface area contributed by atoms with Crippen LogP contribution in [0.25, 0.3) is 0 Å². The summed E-state index contributed by atoms with van der Waals surface area (Å²) in [5.74, 6) is -1.22. The molecule has 2 aliphatic rings. The number of ketones is 1. The quantitative estimate of drug-likeness (QED) is 0.839. The molecule has 26 heavy (non-hydrogen) atoms. The standard InChI is InChI=1S/C21H21NO4/c23-19(16-12-7-13-26-16)17-18(14-8-3-1-4-9-14)22(21(25)20(17)24)15-10-5-2-6-11-15/h1,3-4,7-9,12-13,15,18,24H,2,5-6,10-11H2. The lowest BCUT2D eigenvalue weighted by Gasteiger charge is -2.36. The van der Waals surface area contributed by atoms with E-state index in [9.17, 15) is 14.7 Å². The van der Waals surface area contributed by atoms with Gasteiger partial charge in [0.25, 0.3) is 5.91 Å². The number of rotatable bonds is 4. The largest absolute Gasteiger partial charge is 0.503 e. The highest BCUT2D eigenvalue weighted by molar-refractivity contribution is 6.15. The maximum absolute atomic E-state index is 13.0. The van der Waals surface area contributed by atoms with Crippen molar-refractivity contribution in [2.24, 2.45) is 0 Å². The molecule has 1 N–H and O–H groups in total. The number of hydrogen-bond acceptors (Lipinski definition) is 4. The van der Waals surface area contributed by atoms with Gasteiger partial charge in [-0.3, -0.25) is 9.59 Å². The molecule has 1 amide bonds. The molecule has 4 rings (SSSR count). The number of carbonyl (C=O) groups excluding carboxylic acids is 2. The highest BCUT2D eigenvalue weighted by atomic mass is 16.3. The third kappa shape index (κ3) is 2.73. The van der Waals surface area contributed by atoms with Crippen molar-refractivity contribution in [1.29, 1.82) is 0 Å². The zero-order chi connectivity index (χ0) is 18.1. The summed E-state index contributed by atoms with van der Waals surface area (Å²) >= 11 is 0. The van der Waals surface area contributed by atoms with Gasteiger partial charge in [0.1, 0.15) is 0 Å². The molecule has 1 fully saturated rings. The SMILES string of the molecule is O=C(C1=C(O)C(=O)N(C2CCCCC2)C1c1ccccc1)c1ccco1. The van der Waals surface area contributed by atoms with E-state index in [0.717, 1.165) is 37.7 Å². The van der Waals surface area contributed by atoms with Gasteiger partial charge >= 0.3 is 0 Å². The van der Waals surface area contributed by atoms with Gasteiger partial charge in [0, 0.05) is 6.04 Å². The minimum absolute atomic E-state index is 0.0329. The van der Waals surface area contributed by atoms with E-state index in [2.05, 4.69) is 0 Å². The fourth-order valence-corrected chi connectivity index (χ4v) is 4.09. The summed E-state index contributed by atoms with van der Waals surface area (Å²) in [4.78, 5) is 27.6. The van der Waals surface area contributed by atoms with Crippen molar-refractivity contribution in [3.05, 3.63) is 71.4 Å². The summed E-state index contributed by atoms with van der Waals surface area (Å²) in [5, 5.41) is 10.6. The molecule has 5 heteroatoms. The molecule has 134 valence electrons. The Bertz CT molecular complexity index is 832. The summed E-state index contributed by atoms with van der Waals surface area (Å²) in [7, 11) is 0. The molecule has 0 radical (unpaired) electrons. The zero-order valence-corrected chi connectivity index (χ0v) is 14.4. The molecule has 1 atom stereocenters. The molecule has 1 aromatic heterocycles. The normalized spacial score (nSPS) is 21.5. The molecule has 1 aliphatic carbocycles. The predicted octanol–water partition coefficient (Wildman–Crippen LogP) is 4.19. The number of carbonyl (C=O) groups is 2. The van der Waals surface area contributed by atoms with Crippen LogP contribution in [0, 0.1) is 0 Å². The van der Waals surface area contributed by atoms with Crippen molar-refractivity contribution in [3.63, 3.8) is 0 Å². The predicted molar refractivity (Wildman–Crippen MR) is 95.6 cm³/mol. The minimum Gasteiger partial charge on any atom is -0.503 e. The monoisotopic (exact) mass is 351 g/mol. The summed E-state index contributed by atoms with van der Waals surface area (Å²) in [6.45, 7) is 0. The van der Waals surface area contributed by atoms with Crippen LogP contribution in [0.3, 0.4) is 0 Å². The number of amides is 1. The fourth-order valence-electron chi connectivity index (χ4n) is 4.09.